The molecule has 0 saturated heterocycles. The maximum absolute atomic E-state index is 14.9. The Hall–Kier alpha value is -2.72. The van der Waals surface area contributed by atoms with Crippen molar-refractivity contribution in [3.63, 3.8) is 0 Å². The van der Waals surface area contributed by atoms with E-state index < -0.39 is 20.7 Å². The maximum Gasteiger partial charge on any atom is 0.266 e. The molecule has 1 aromatic carbocycles. The Morgan fingerprint density at radius 2 is 2.03 bits per heavy atom. The van der Waals surface area contributed by atoms with Gasteiger partial charge < -0.3 is 4.74 Å². The quantitative estimate of drug-likeness (QED) is 0.546. The highest BCUT2D eigenvalue weighted by molar-refractivity contribution is 7.92. The summed E-state index contributed by atoms with van der Waals surface area (Å²) in [6, 6.07) is 5.89. The summed E-state index contributed by atoms with van der Waals surface area (Å²) in [5.41, 5.74) is 1.15. The molecule has 11 heteroatoms. The fourth-order valence-electron chi connectivity index (χ4n) is 4.12. The van der Waals surface area contributed by atoms with Gasteiger partial charge in [-0.05, 0) is 37.1 Å². The third kappa shape index (κ3) is 4.71. The van der Waals surface area contributed by atoms with E-state index in [9.17, 15) is 12.8 Å². The number of benzene rings is 1. The van der Waals surface area contributed by atoms with Gasteiger partial charge in [-0.3, -0.25) is 9.40 Å². The van der Waals surface area contributed by atoms with Crippen LogP contribution in [0.4, 0.5) is 10.2 Å². The third-order valence-electron chi connectivity index (χ3n) is 5.72. The topological polar surface area (TPSA) is 99.0 Å². The molecule has 0 aliphatic heterocycles. The number of nitrogens with one attached hydrogen (secondary N) is 1. The van der Waals surface area contributed by atoms with Crippen LogP contribution in [0.3, 0.4) is 0 Å². The summed E-state index contributed by atoms with van der Waals surface area (Å²) in [7, 11) is -2.31. The first kappa shape index (κ1) is 22.5. The SMILES string of the molecule is Cn1nccc1[C@H]1CCCCC1COc1ccc(S(=O)(=O)Nc2ccncn2)c(F)c1Cl. The summed E-state index contributed by atoms with van der Waals surface area (Å²) >= 11 is 6.15. The Kier molecular flexibility index (Phi) is 6.61. The molecule has 1 N–H and O–H groups in total. The zero-order valence-corrected chi connectivity index (χ0v) is 19.0. The van der Waals surface area contributed by atoms with Crippen molar-refractivity contribution in [2.24, 2.45) is 13.0 Å². The average Bonchev–Trinajstić information content (AvgIpc) is 3.21. The molecule has 0 spiro atoms. The normalized spacial score (nSPS) is 19.0. The van der Waals surface area contributed by atoms with E-state index >= 15 is 0 Å². The van der Waals surface area contributed by atoms with Gasteiger partial charge in [-0.1, -0.05) is 24.4 Å². The lowest BCUT2D eigenvalue weighted by Crippen LogP contribution is -2.25. The minimum Gasteiger partial charge on any atom is -0.492 e. The molecule has 8 nitrogen and oxygen atoms in total. The number of sulfonamides is 1. The predicted molar refractivity (Wildman–Crippen MR) is 118 cm³/mol. The van der Waals surface area contributed by atoms with Gasteiger partial charge in [0.05, 0.1) is 6.61 Å². The van der Waals surface area contributed by atoms with Crippen molar-refractivity contribution in [1.82, 2.24) is 19.7 Å². The van der Waals surface area contributed by atoms with E-state index in [1.54, 1.807) is 6.20 Å². The average molecular weight is 480 g/mol. The fraction of sp³-hybridized carbons (Fsp3) is 0.381. The predicted octanol–water partition coefficient (Wildman–Crippen LogP) is 4.16. The molecule has 2 heterocycles. The summed E-state index contributed by atoms with van der Waals surface area (Å²) in [6.45, 7) is 0.348. The van der Waals surface area contributed by atoms with Crippen LogP contribution in [0.1, 0.15) is 37.3 Å². The molecule has 2 atom stereocenters. The second-order valence-electron chi connectivity index (χ2n) is 7.73. The van der Waals surface area contributed by atoms with Crippen LogP contribution in [0, 0.1) is 11.7 Å². The van der Waals surface area contributed by atoms with Gasteiger partial charge in [-0.15, -0.1) is 0 Å². The largest absolute Gasteiger partial charge is 0.492 e. The monoisotopic (exact) mass is 479 g/mol. The molecular formula is C21H23ClFN5O3S. The Morgan fingerprint density at radius 3 is 2.75 bits per heavy atom. The van der Waals surface area contributed by atoms with Crippen molar-refractivity contribution in [1.29, 1.82) is 0 Å². The van der Waals surface area contributed by atoms with Gasteiger partial charge in [0, 0.05) is 37.0 Å². The first-order valence-electron chi connectivity index (χ1n) is 10.2. The Balaban J connectivity index is 1.50. The van der Waals surface area contributed by atoms with Gasteiger partial charge in [0.15, 0.2) is 5.82 Å². The zero-order chi connectivity index (χ0) is 22.7. The smallest absolute Gasteiger partial charge is 0.266 e. The number of hydrogen-bond acceptors (Lipinski definition) is 6. The van der Waals surface area contributed by atoms with Gasteiger partial charge in [0.1, 0.15) is 27.8 Å². The van der Waals surface area contributed by atoms with Crippen LogP contribution in [0.25, 0.3) is 0 Å². The lowest BCUT2D eigenvalue weighted by Gasteiger charge is -2.31. The van der Waals surface area contributed by atoms with E-state index in [-0.39, 0.29) is 28.4 Å². The minimum absolute atomic E-state index is 0.0226. The van der Waals surface area contributed by atoms with Crippen LogP contribution in [0.2, 0.25) is 5.02 Å². The van der Waals surface area contributed by atoms with E-state index in [4.69, 9.17) is 16.3 Å². The van der Waals surface area contributed by atoms with E-state index in [2.05, 4.69) is 19.8 Å². The molecule has 3 aromatic rings. The standard InChI is InChI=1S/C21H23ClFN5O3S/c1-28-16(8-11-26-28)15-5-3-2-4-14(15)12-31-17-6-7-18(21(23)20(17)22)32(29,30)27-19-9-10-24-13-25-19/h6-11,13-15H,2-5,12H2,1H3,(H,24,25,27)/t14?,15-/m0/s1. The van der Waals surface area contributed by atoms with Gasteiger partial charge in [0.2, 0.25) is 0 Å². The van der Waals surface area contributed by atoms with E-state index in [0.717, 1.165) is 37.4 Å². The number of ether oxygens (including phenoxy) is 1. The molecular weight excluding hydrogens is 457 g/mol. The third-order valence-corrected chi connectivity index (χ3v) is 7.45. The summed E-state index contributed by atoms with van der Waals surface area (Å²) < 4.78 is 50.0. The van der Waals surface area contributed by atoms with Crippen molar-refractivity contribution in [2.75, 3.05) is 11.3 Å². The molecule has 0 bridgehead atoms. The number of nitrogens with zero attached hydrogens (tertiary/aromatic N) is 4. The fourth-order valence-corrected chi connectivity index (χ4v) is 5.48. The van der Waals surface area contributed by atoms with Crippen molar-refractivity contribution < 1.29 is 17.5 Å². The molecule has 1 unspecified atom stereocenters. The maximum atomic E-state index is 14.9. The number of halogens is 2. The van der Waals surface area contributed by atoms with Crippen LogP contribution in [-0.2, 0) is 17.1 Å². The van der Waals surface area contributed by atoms with E-state index in [1.165, 1.54) is 24.7 Å². The summed E-state index contributed by atoms with van der Waals surface area (Å²) in [6.07, 6.45) is 8.57. The molecule has 2 aromatic heterocycles. The van der Waals surface area contributed by atoms with Gasteiger partial charge >= 0.3 is 0 Å². The number of hydrogen-bond donors (Lipinski definition) is 1. The first-order chi connectivity index (χ1) is 15.4. The van der Waals surface area contributed by atoms with Gasteiger partial charge in [0.25, 0.3) is 10.0 Å². The molecule has 4 rings (SSSR count). The number of aryl methyl sites for hydroxylation is 1. The van der Waals surface area contributed by atoms with Crippen molar-refractivity contribution in [2.45, 2.75) is 36.5 Å². The number of rotatable bonds is 7. The molecule has 1 aliphatic rings. The summed E-state index contributed by atoms with van der Waals surface area (Å²) in [5, 5.41) is 3.90. The number of anilines is 1. The van der Waals surface area contributed by atoms with Crippen LogP contribution >= 0.6 is 11.6 Å². The van der Waals surface area contributed by atoms with Crippen LogP contribution in [0.15, 0.2) is 47.9 Å². The molecule has 170 valence electrons. The molecule has 0 radical (unpaired) electrons. The Bertz CT molecular complexity index is 1190. The molecule has 32 heavy (non-hydrogen) atoms. The Morgan fingerprint density at radius 1 is 1.22 bits per heavy atom. The van der Waals surface area contributed by atoms with Crippen LogP contribution in [-0.4, -0.2) is 34.8 Å². The lowest BCUT2D eigenvalue weighted by atomic mass is 9.78. The second-order valence-corrected chi connectivity index (χ2v) is 9.76. The summed E-state index contributed by atoms with van der Waals surface area (Å²) in [4.78, 5) is 6.92. The minimum atomic E-state index is -4.23. The van der Waals surface area contributed by atoms with Crippen molar-refractivity contribution >= 4 is 27.4 Å². The molecule has 0 amide bonds. The van der Waals surface area contributed by atoms with Gasteiger partial charge in [-0.25, -0.2) is 22.8 Å². The second kappa shape index (κ2) is 9.41. The highest BCUT2D eigenvalue weighted by Crippen LogP contribution is 2.39. The zero-order valence-electron chi connectivity index (χ0n) is 17.4. The molecule has 1 saturated carbocycles. The van der Waals surface area contributed by atoms with Crippen LogP contribution in [0.5, 0.6) is 5.75 Å². The molecule has 1 fully saturated rings. The van der Waals surface area contributed by atoms with Gasteiger partial charge in [-0.2, -0.15) is 5.10 Å². The highest BCUT2D eigenvalue weighted by atomic mass is 35.5. The molecule has 1 aliphatic carbocycles. The van der Waals surface area contributed by atoms with Crippen molar-refractivity contribution in [3.8, 4) is 5.75 Å². The van der Waals surface area contributed by atoms with Crippen molar-refractivity contribution in [3.05, 3.63) is 59.5 Å². The highest BCUT2D eigenvalue weighted by Gasteiger charge is 2.30. The van der Waals surface area contributed by atoms with E-state index in [1.807, 2.05) is 17.8 Å². The van der Waals surface area contributed by atoms with E-state index in [0.29, 0.717) is 6.61 Å². The van der Waals surface area contributed by atoms with Crippen LogP contribution < -0.4 is 9.46 Å². The summed E-state index contributed by atoms with van der Waals surface area (Å²) in [5.74, 6) is -0.427. The number of aromatic nitrogens is 4. The Labute approximate surface area is 190 Å². The first-order valence-corrected chi connectivity index (χ1v) is 12.1. The lowest BCUT2D eigenvalue weighted by molar-refractivity contribution is 0.182.